The zero-order valence-electron chi connectivity index (χ0n) is 16.7. The maximum absolute atomic E-state index is 12.2. The number of carboxylic acid groups (broad SMARTS) is 1. The van der Waals surface area contributed by atoms with Gasteiger partial charge in [0, 0.05) is 40.2 Å². The molecule has 28 heavy (non-hydrogen) atoms. The van der Waals surface area contributed by atoms with E-state index in [2.05, 4.69) is 18.1 Å². The second-order valence-corrected chi connectivity index (χ2v) is 8.87. The standard InChI is InChI=1S/C22H27N3O2S/c1-4-8-15(22(26)27)19-16(5-2)24-20-14-9-6-7-10-17(14)28-21(20)18(19)13-11-23-25(3)12-13/h9,11-12,15,17H,4-8,10H2,1-3H3,(H,26,27). The number of carboxylic acids is 1. The molecule has 0 saturated heterocycles. The van der Waals surface area contributed by atoms with Gasteiger partial charge in [0.2, 0.25) is 0 Å². The summed E-state index contributed by atoms with van der Waals surface area (Å²) in [5.41, 5.74) is 6.30. The minimum absolute atomic E-state index is 0.445. The summed E-state index contributed by atoms with van der Waals surface area (Å²) < 4.78 is 1.79. The van der Waals surface area contributed by atoms with Crippen LogP contribution in [0, 0.1) is 0 Å². The van der Waals surface area contributed by atoms with Gasteiger partial charge < -0.3 is 5.11 Å². The molecule has 5 nitrogen and oxygen atoms in total. The number of hydrogen-bond donors (Lipinski definition) is 1. The second kappa shape index (κ2) is 7.74. The van der Waals surface area contributed by atoms with E-state index in [9.17, 15) is 9.90 Å². The predicted molar refractivity (Wildman–Crippen MR) is 113 cm³/mol. The van der Waals surface area contributed by atoms with Crippen LogP contribution in [0.2, 0.25) is 0 Å². The van der Waals surface area contributed by atoms with Gasteiger partial charge in [0.05, 0.1) is 17.8 Å². The summed E-state index contributed by atoms with van der Waals surface area (Å²) >= 11 is 1.87. The molecule has 0 radical (unpaired) electrons. The number of pyridine rings is 1. The molecule has 2 atom stereocenters. The van der Waals surface area contributed by atoms with Gasteiger partial charge in [-0.2, -0.15) is 5.10 Å². The number of nitrogens with zero attached hydrogens (tertiary/aromatic N) is 3. The molecule has 148 valence electrons. The number of hydrogen-bond acceptors (Lipinski definition) is 4. The number of carbonyl (C=O) groups is 1. The van der Waals surface area contributed by atoms with E-state index in [-0.39, 0.29) is 0 Å². The van der Waals surface area contributed by atoms with Crippen molar-refractivity contribution >= 4 is 23.3 Å². The highest BCUT2D eigenvalue weighted by atomic mass is 32.2. The van der Waals surface area contributed by atoms with Crippen LogP contribution in [0.1, 0.15) is 68.8 Å². The fourth-order valence-electron chi connectivity index (χ4n) is 4.46. The summed E-state index contributed by atoms with van der Waals surface area (Å²) in [7, 11) is 1.90. The highest BCUT2D eigenvalue weighted by molar-refractivity contribution is 8.01. The Morgan fingerprint density at radius 2 is 2.25 bits per heavy atom. The fraction of sp³-hybridized carbons (Fsp3) is 0.500. The number of aryl methyl sites for hydroxylation is 2. The molecule has 1 N–H and O–H groups in total. The van der Waals surface area contributed by atoms with Crippen LogP contribution in [-0.2, 0) is 18.3 Å². The third kappa shape index (κ3) is 3.17. The number of aliphatic carboxylic acids is 1. The molecule has 0 bridgehead atoms. The smallest absolute Gasteiger partial charge is 0.311 e. The van der Waals surface area contributed by atoms with Crippen molar-refractivity contribution in [3.63, 3.8) is 0 Å². The van der Waals surface area contributed by atoms with Gasteiger partial charge in [0.1, 0.15) is 0 Å². The van der Waals surface area contributed by atoms with E-state index in [1.54, 1.807) is 4.68 Å². The summed E-state index contributed by atoms with van der Waals surface area (Å²) in [4.78, 5) is 18.4. The van der Waals surface area contributed by atoms with Crippen LogP contribution in [-0.4, -0.2) is 31.1 Å². The minimum Gasteiger partial charge on any atom is -0.481 e. The molecule has 0 amide bonds. The summed E-state index contributed by atoms with van der Waals surface area (Å²) in [6.45, 7) is 4.12. The molecule has 1 aliphatic carbocycles. The van der Waals surface area contributed by atoms with E-state index in [1.807, 2.05) is 38.1 Å². The zero-order valence-corrected chi connectivity index (χ0v) is 17.6. The predicted octanol–water partition coefficient (Wildman–Crippen LogP) is 5.05. The molecule has 4 rings (SSSR count). The van der Waals surface area contributed by atoms with Crippen molar-refractivity contribution in [3.05, 3.63) is 35.4 Å². The number of rotatable bonds is 6. The van der Waals surface area contributed by atoms with Gasteiger partial charge in [0.25, 0.3) is 0 Å². The first kappa shape index (κ1) is 19.2. The second-order valence-electron chi connectivity index (χ2n) is 7.66. The molecule has 3 heterocycles. The lowest BCUT2D eigenvalue weighted by Crippen LogP contribution is -2.17. The SMILES string of the molecule is CCCC(C(=O)O)c1c(CC)nc2c(c1-c1cnn(C)c1)SC1CCCC=C21. The lowest BCUT2D eigenvalue weighted by molar-refractivity contribution is -0.139. The molecule has 6 heteroatoms. The minimum atomic E-state index is -0.761. The van der Waals surface area contributed by atoms with Gasteiger partial charge in [-0.05, 0) is 43.2 Å². The van der Waals surface area contributed by atoms with Crippen LogP contribution in [0.4, 0.5) is 0 Å². The lowest BCUT2D eigenvalue weighted by atomic mass is 9.85. The Hall–Kier alpha value is -2.08. The normalized spacial score (nSPS) is 19.1. The van der Waals surface area contributed by atoms with Gasteiger partial charge in [-0.25, -0.2) is 0 Å². The van der Waals surface area contributed by atoms with E-state index in [1.165, 1.54) is 12.0 Å². The summed E-state index contributed by atoms with van der Waals surface area (Å²) in [5.74, 6) is -1.30. The van der Waals surface area contributed by atoms with Crippen LogP contribution in [0.5, 0.6) is 0 Å². The molecule has 2 aromatic heterocycles. The van der Waals surface area contributed by atoms with Crippen LogP contribution >= 0.6 is 11.8 Å². The molecule has 0 fully saturated rings. The quantitative estimate of drug-likeness (QED) is 0.738. The van der Waals surface area contributed by atoms with Crippen LogP contribution in [0.3, 0.4) is 0 Å². The van der Waals surface area contributed by atoms with Crippen LogP contribution < -0.4 is 0 Å². The Bertz CT molecular complexity index is 947. The van der Waals surface area contributed by atoms with Gasteiger partial charge in [-0.3, -0.25) is 14.5 Å². The summed E-state index contributed by atoms with van der Waals surface area (Å²) in [6.07, 6.45) is 11.8. The van der Waals surface area contributed by atoms with E-state index >= 15 is 0 Å². The number of allylic oxidation sites excluding steroid dienone is 1. The maximum atomic E-state index is 12.2. The Morgan fingerprint density at radius 3 is 2.89 bits per heavy atom. The van der Waals surface area contributed by atoms with Gasteiger partial charge in [0.15, 0.2) is 0 Å². The molecule has 2 aliphatic rings. The highest BCUT2D eigenvalue weighted by Gasteiger charge is 2.37. The first-order valence-electron chi connectivity index (χ1n) is 10.2. The van der Waals surface area contributed by atoms with Crippen molar-refractivity contribution in [3.8, 4) is 11.1 Å². The van der Waals surface area contributed by atoms with Crippen molar-refractivity contribution in [2.24, 2.45) is 7.05 Å². The number of thioether (sulfide) groups is 1. The zero-order chi connectivity index (χ0) is 19.8. The first-order chi connectivity index (χ1) is 13.5. The molecular formula is C22H27N3O2S. The molecule has 0 aromatic carbocycles. The van der Waals surface area contributed by atoms with Gasteiger partial charge >= 0.3 is 5.97 Å². The van der Waals surface area contributed by atoms with Gasteiger partial charge in [-0.1, -0.05) is 26.3 Å². The fourth-order valence-corrected chi connectivity index (χ4v) is 5.99. The monoisotopic (exact) mass is 397 g/mol. The van der Waals surface area contributed by atoms with E-state index in [0.29, 0.717) is 11.7 Å². The molecular weight excluding hydrogens is 370 g/mol. The Balaban J connectivity index is 2.02. The van der Waals surface area contributed by atoms with Crippen molar-refractivity contribution in [2.45, 2.75) is 68.4 Å². The van der Waals surface area contributed by atoms with E-state index < -0.39 is 11.9 Å². The van der Waals surface area contributed by atoms with E-state index in [4.69, 9.17) is 4.98 Å². The molecule has 2 aromatic rings. The topological polar surface area (TPSA) is 68.0 Å². The highest BCUT2D eigenvalue weighted by Crippen LogP contribution is 2.54. The van der Waals surface area contributed by atoms with Crippen LogP contribution in [0.15, 0.2) is 23.4 Å². The van der Waals surface area contributed by atoms with Crippen LogP contribution in [0.25, 0.3) is 16.7 Å². The number of aromatic nitrogens is 3. The summed E-state index contributed by atoms with van der Waals surface area (Å²) in [6, 6.07) is 0. The third-order valence-electron chi connectivity index (χ3n) is 5.74. The Morgan fingerprint density at radius 1 is 1.43 bits per heavy atom. The molecule has 0 saturated carbocycles. The maximum Gasteiger partial charge on any atom is 0.311 e. The summed E-state index contributed by atoms with van der Waals surface area (Å²) in [5, 5.41) is 14.9. The lowest BCUT2D eigenvalue weighted by Gasteiger charge is -2.22. The Kier molecular flexibility index (Phi) is 5.32. The van der Waals surface area contributed by atoms with Crippen molar-refractivity contribution < 1.29 is 9.90 Å². The largest absolute Gasteiger partial charge is 0.481 e. The average Bonchev–Trinajstić information content (AvgIpc) is 3.27. The molecule has 1 aliphatic heterocycles. The van der Waals surface area contributed by atoms with Crippen molar-refractivity contribution in [1.82, 2.24) is 14.8 Å². The average molecular weight is 398 g/mol. The third-order valence-corrected chi connectivity index (χ3v) is 7.14. The first-order valence-corrected chi connectivity index (χ1v) is 11.1. The van der Waals surface area contributed by atoms with Gasteiger partial charge in [-0.15, -0.1) is 11.8 Å². The molecule has 2 unspecified atom stereocenters. The molecule has 0 spiro atoms. The number of fused-ring (bicyclic) bond motifs is 3. The van der Waals surface area contributed by atoms with Crippen molar-refractivity contribution in [1.29, 1.82) is 0 Å². The Labute approximate surface area is 170 Å². The van der Waals surface area contributed by atoms with Crippen molar-refractivity contribution in [2.75, 3.05) is 0 Å². The van der Waals surface area contributed by atoms with E-state index in [0.717, 1.165) is 58.7 Å².